The lowest BCUT2D eigenvalue weighted by atomic mass is 10.1. The smallest absolute Gasteiger partial charge is 0.307 e. The van der Waals surface area contributed by atoms with Crippen molar-refractivity contribution in [1.29, 1.82) is 0 Å². The largest absolute Gasteiger partial charge is 0.481 e. The standard InChI is InChI=1S/C17H20N2O4/c1-17(2)12(13(17)16(22)23)15(21)19-11-5-3-4-9(8-11)14(20)18-10-6-7-10/h3-5,8,10,12-13H,6-7H2,1-2H3,(H,18,20)(H,19,21)(H,22,23). The topological polar surface area (TPSA) is 95.5 Å². The molecule has 2 aliphatic rings. The van der Waals surface area contributed by atoms with E-state index in [-0.39, 0.29) is 17.9 Å². The molecule has 23 heavy (non-hydrogen) atoms. The summed E-state index contributed by atoms with van der Waals surface area (Å²) in [4.78, 5) is 35.5. The lowest BCUT2D eigenvalue weighted by Gasteiger charge is -2.08. The van der Waals surface area contributed by atoms with E-state index in [1.54, 1.807) is 38.1 Å². The van der Waals surface area contributed by atoms with Gasteiger partial charge in [-0.2, -0.15) is 0 Å². The van der Waals surface area contributed by atoms with Crippen molar-refractivity contribution in [1.82, 2.24) is 5.32 Å². The molecule has 3 rings (SSSR count). The highest BCUT2D eigenvalue weighted by Gasteiger charge is 2.65. The number of hydrogen-bond donors (Lipinski definition) is 3. The summed E-state index contributed by atoms with van der Waals surface area (Å²) in [5, 5.41) is 14.8. The molecule has 2 atom stereocenters. The summed E-state index contributed by atoms with van der Waals surface area (Å²) < 4.78 is 0. The predicted octanol–water partition coefficient (Wildman–Crippen LogP) is 1.87. The molecule has 1 aromatic carbocycles. The van der Waals surface area contributed by atoms with Crippen molar-refractivity contribution in [2.24, 2.45) is 17.3 Å². The maximum absolute atomic E-state index is 12.3. The van der Waals surface area contributed by atoms with Gasteiger partial charge in [0.25, 0.3) is 5.91 Å². The molecule has 3 N–H and O–H groups in total. The molecular formula is C17H20N2O4. The Balaban J connectivity index is 1.67. The van der Waals surface area contributed by atoms with Crippen LogP contribution in [0.3, 0.4) is 0 Å². The first kappa shape index (κ1) is 15.5. The van der Waals surface area contributed by atoms with Crippen molar-refractivity contribution >= 4 is 23.5 Å². The Kier molecular flexibility index (Phi) is 3.62. The molecule has 2 aliphatic carbocycles. The van der Waals surface area contributed by atoms with Crippen molar-refractivity contribution in [3.05, 3.63) is 29.8 Å². The van der Waals surface area contributed by atoms with Gasteiger partial charge in [-0.15, -0.1) is 0 Å². The molecule has 0 aromatic heterocycles. The summed E-state index contributed by atoms with van der Waals surface area (Å²) in [6.07, 6.45) is 2.02. The van der Waals surface area contributed by atoms with Crippen LogP contribution in [0.15, 0.2) is 24.3 Å². The number of carboxylic acids is 1. The second kappa shape index (κ2) is 5.37. The molecule has 1 aromatic rings. The van der Waals surface area contributed by atoms with Crippen LogP contribution < -0.4 is 10.6 Å². The highest BCUT2D eigenvalue weighted by molar-refractivity contribution is 6.01. The molecule has 0 radical (unpaired) electrons. The van der Waals surface area contributed by atoms with E-state index in [1.807, 2.05) is 0 Å². The minimum absolute atomic E-state index is 0.154. The molecule has 0 bridgehead atoms. The zero-order valence-electron chi connectivity index (χ0n) is 13.1. The Bertz CT molecular complexity index is 679. The first-order valence-electron chi connectivity index (χ1n) is 7.75. The number of aliphatic carboxylic acids is 1. The second-order valence-corrected chi connectivity index (χ2v) is 6.93. The summed E-state index contributed by atoms with van der Waals surface area (Å²) in [7, 11) is 0. The normalized spacial score (nSPS) is 24.6. The molecular weight excluding hydrogens is 296 g/mol. The van der Waals surface area contributed by atoms with E-state index >= 15 is 0 Å². The van der Waals surface area contributed by atoms with Crippen LogP contribution in [-0.2, 0) is 9.59 Å². The Morgan fingerprint density at radius 2 is 1.87 bits per heavy atom. The third-order valence-electron chi connectivity index (χ3n) is 4.68. The Morgan fingerprint density at radius 3 is 2.43 bits per heavy atom. The first-order chi connectivity index (χ1) is 10.8. The number of benzene rings is 1. The number of carbonyl (C=O) groups excluding carboxylic acids is 2. The van der Waals surface area contributed by atoms with Crippen LogP contribution in [0.1, 0.15) is 37.0 Å². The minimum atomic E-state index is -0.951. The predicted molar refractivity (Wildman–Crippen MR) is 84.0 cm³/mol. The highest BCUT2D eigenvalue weighted by atomic mass is 16.4. The van der Waals surface area contributed by atoms with Crippen LogP contribution in [-0.4, -0.2) is 28.9 Å². The molecule has 0 spiro atoms. The number of amides is 2. The quantitative estimate of drug-likeness (QED) is 0.773. The van der Waals surface area contributed by atoms with E-state index in [1.165, 1.54) is 0 Å². The lowest BCUT2D eigenvalue weighted by molar-refractivity contribution is -0.140. The molecule has 6 heteroatoms. The zero-order valence-corrected chi connectivity index (χ0v) is 13.1. The molecule has 2 amide bonds. The molecule has 0 heterocycles. The molecule has 2 saturated carbocycles. The van der Waals surface area contributed by atoms with E-state index in [9.17, 15) is 14.4 Å². The van der Waals surface area contributed by atoms with Crippen molar-refractivity contribution in [2.75, 3.05) is 5.32 Å². The summed E-state index contributed by atoms with van der Waals surface area (Å²) in [6.45, 7) is 3.55. The van der Waals surface area contributed by atoms with Crippen LogP contribution in [0, 0.1) is 17.3 Å². The van der Waals surface area contributed by atoms with Gasteiger partial charge in [-0.05, 0) is 36.5 Å². The molecule has 0 aliphatic heterocycles. The van der Waals surface area contributed by atoms with E-state index in [2.05, 4.69) is 10.6 Å². The molecule has 0 saturated heterocycles. The summed E-state index contributed by atoms with van der Waals surface area (Å²) in [6, 6.07) is 6.96. The van der Waals surface area contributed by atoms with Crippen molar-refractivity contribution < 1.29 is 19.5 Å². The maximum Gasteiger partial charge on any atom is 0.307 e. The van der Waals surface area contributed by atoms with Gasteiger partial charge in [-0.3, -0.25) is 14.4 Å². The van der Waals surface area contributed by atoms with Gasteiger partial charge in [0.1, 0.15) is 0 Å². The third-order valence-corrected chi connectivity index (χ3v) is 4.68. The number of carbonyl (C=O) groups is 3. The number of anilines is 1. The number of hydrogen-bond acceptors (Lipinski definition) is 3. The minimum Gasteiger partial charge on any atom is -0.481 e. The fourth-order valence-corrected chi connectivity index (χ4v) is 3.04. The number of carboxylic acid groups (broad SMARTS) is 1. The third kappa shape index (κ3) is 3.06. The van der Waals surface area contributed by atoms with Crippen molar-refractivity contribution in [3.8, 4) is 0 Å². The average Bonchev–Trinajstić information content (AvgIpc) is 3.36. The van der Waals surface area contributed by atoms with Gasteiger partial charge in [0.15, 0.2) is 0 Å². The average molecular weight is 316 g/mol. The van der Waals surface area contributed by atoms with E-state index in [0.29, 0.717) is 11.3 Å². The molecule has 122 valence electrons. The molecule has 6 nitrogen and oxygen atoms in total. The van der Waals surface area contributed by atoms with E-state index < -0.39 is 23.2 Å². The summed E-state index contributed by atoms with van der Waals surface area (Å²) in [5.74, 6) is -2.64. The van der Waals surface area contributed by atoms with E-state index in [4.69, 9.17) is 5.11 Å². The van der Waals surface area contributed by atoms with Crippen LogP contribution >= 0.6 is 0 Å². The SMILES string of the molecule is CC1(C)C(C(=O)O)C1C(=O)Nc1cccc(C(=O)NC2CC2)c1. The van der Waals surface area contributed by atoms with Crippen molar-refractivity contribution in [2.45, 2.75) is 32.7 Å². The second-order valence-electron chi connectivity index (χ2n) is 6.93. The molecule has 2 fully saturated rings. The number of nitrogens with one attached hydrogen (secondary N) is 2. The zero-order chi connectivity index (χ0) is 16.8. The van der Waals surface area contributed by atoms with Gasteiger partial charge in [0.05, 0.1) is 11.8 Å². The highest BCUT2D eigenvalue weighted by Crippen LogP contribution is 2.58. The maximum atomic E-state index is 12.3. The Hall–Kier alpha value is -2.37. The summed E-state index contributed by atoms with van der Waals surface area (Å²) in [5.41, 5.74) is 0.446. The van der Waals surface area contributed by atoms with E-state index in [0.717, 1.165) is 12.8 Å². The Labute approximate surface area is 134 Å². The van der Waals surface area contributed by atoms with Crippen LogP contribution in [0.25, 0.3) is 0 Å². The summed E-state index contributed by atoms with van der Waals surface area (Å²) >= 11 is 0. The fraction of sp³-hybridized carbons (Fsp3) is 0.471. The van der Waals surface area contributed by atoms with Crippen LogP contribution in [0.5, 0.6) is 0 Å². The van der Waals surface area contributed by atoms with Gasteiger partial charge in [0, 0.05) is 17.3 Å². The van der Waals surface area contributed by atoms with Gasteiger partial charge in [0.2, 0.25) is 5.91 Å². The van der Waals surface area contributed by atoms with Gasteiger partial charge in [-0.1, -0.05) is 19.9 Å². The fourth-order valence-electron chi connectivity index (χ4n) is 3.04. The van der Waals surface area contributed by atoms with Gasteiger partial charge < -0.3 is 15.7 Å². The van der Waals surface area contributed by atoms with Gasteiger partial charge >= 0.3 is 5.97 Å². The monoisotopic (exact) mass is 316 g/mol. The lowest BCUT2D eigenvalue weighted by Crippen LogP contribution is -2.25. The first-order valence-corrected chi connectivity index (χ1v) is 7.75. The Morgan fingerprint density at radius 1 is 1.17 bits per heavy atom. The van der Waals surface area contributed by atoms with Crippen LogP contribution in [0.4, 0.5) is 5.69 Å². The number of rotatable bonds is 5. The van der Waals surface area contributed by atoms with Crippen molar-refractivity contribution in [3.63, 3.8) is 0 Å². The van der Waals surface area contributed by atoms with Crippen LogP contribution in [0.2, 0.25) is 0 Å². The molecule has 2 unspecified atom stereocenters. The van der Waals surface area contributed by atoms with Gasteiger partial charge in [-0.25, -0.2) is 0 Å².